The third-order valence-electron chi connectivity index (χ3n) is 6.01. The van der Waals surface area contributed by atoms with Gasteiger partial charge in [0.05, 0.1) is 12.1 Å². The van der Waals surface area contributed by atoms with Gasteiger partial charge in [0.1, 0.15) is 17.4 Å². The lowest BCUT2D eigenvalue weighted by atomic mass is 10.1. The van der Waals surface area contributed by atoms with Crippen molar-refractivity contribution in [3.05, 3.63) is 67.4 Å². The Balaban J connectivity index is -0.000000405. The summed E-state index contributed by atoms with van der Waals surface area (Å²) in [6.45, 7) is 31.3. The van der Waals surface area contributed by atoms with Gasteiger partial charge in [-0.05, 0) is 63.1 Å². The summed E-state index contributed by atoms with van der Waals surface area (Å²) in [5.74, 6) is 0.0257. The van der Waals surface area contributed by atoms with Gasteiger partial charge in [0.2, 0.25) is 11.8 Å². The number of piperidine rings is 1. The van der Waals surface area contributed by atoms with Gasteiger partial charge < -0.3 is 20.5 Å². The highest BCUT2D eigenvalue weighted by Crippen LogP contribution is 2.19. The second-order valence-corrected chi connectivity index (χ2v) is 9.82. The summed E-state index contributed by atoms with van der Waals surface area (Å²) < 4.78 is 14.1. The van der Waals surface area contributed by atoms with Crippen LogP contribution in [0.4, 0.5) is 4.39 Å². The normalized spacial score (nSPS) is 12.2. The summed E-state index contributed by atoms with van der Waals surface area (Å²) in [5.41, 5.74) is 2.50. The molecule has 2 aromatic rings. The van der Waals surface area contributed by atoms with Gasteiger partial charge in [-0.25, -0.2) is 9.37 Å². The number of carbonyl (C=O) groups is 2. The molecule has 7 nitrogen and oxygen atoms in total. The number of hydrogen-bond donors (Lipinski definition) is 3. The molecule has 0 radical (unpaired) electrons. The topological polar surface area (TPSA) is 90.1 Å². The number of rotatable bonds is 10. The van der Waals surface area contributed by atoms with Crippen molar-refractivity contribution < 1.29 is 16.8 Å². The van der Waals surface area contributed by atoms with Crippen LogP contribution in [0.15, 0.2) is 50.2 Å². The summed E-state index contributed by atoms with van der Waals surface area (Å²) in [7, 11) is 0. The number of carbonyl (C=O) groups excluding carboxylic acids is 2. The standard InChI is InChI=1S/C25H36FN5O2.C3H6.2C2H6.C2H4.HI.2H2/c1-16(2)8-9-23(32)29-21(14-18(4)31-10-6-5-7-11-31)25(33)27-15-22-28-20-13-17(3)12-19(26)24(20)30-22;1-3-2;3*1-2;;;/h12-13,16,21H,4-11,14-15H2,1-3H3,(H,27,33)(H,28,30)(H,29,32);3H,1H2,2H3;2*1-2H3;1-2H2;3*1H/t21-;;;;;;;/m0......./s1. The highest BCUT2D eigenvalue weighted by Gasteiger charge is 2.24. The lowest BCUT2D eigenvalue weighted by molar-refractivity contribution is -0.129. The molecule has 0 spiro atoms. The maximum absolute atomic E-state index is 14.1. The molecule has 3 N–H and O–H groups in total. The number of nitrogens with one attached hydrogen (secondary N) is 3. The van der Waals surface area contributed by atoms with Crippen molar-refractivity contribution in [3.8, 4) is 0 Å². The van der Waals surface area contributed by atoms with Crippen LogP contribution in [0.1, 0.15) is 101 Å². The molecular formula is C34H63FIN5O2. The second kappa shape index (κ2) is 26.9. The first-order valence-corrected chi connectivity index (χ1v) is 15.4. The first-order chi connectivity index (χ1) is 20.1. The number of allylic oxidation sites excluding steroid dienone is 1. The maximum atomic E-state index is 14.1. The lowest BCUT2D eigenvalue weighted by Crippen LogP contribution is -2.48. The van der Waals surface area contributed by atoms with Crippen molar-refractivity contribution in [2.75, 3.05) is 13.1 Å². The van der Waals surface area contributed by atoms with E-state index in [1.54, 1.807) is 6.08 Å². The van der Waals surface area contributed by atoms with E-state index in [2.05, 4.69) is 65.7 Å². The summed E-state index contributed by atoms with van der Waals surface area (Å²) >= 11 is 0. The molecule has 1 aliphatic heterocycles. The van der Waals surface area contributed by atoms with Crippen molar-refractivity contribution in [3.63, 3.8) is 0 Å². The third kappa shape index (κ3) is 17.9. The molecule has 1 aromatic carbocycles. The molecule has 9 heteroatoms. The molecule has 0 unspecified atom stereocenters. The first-order valence-electron chi connectivity index (χ1n) is 15.4. The quantitative estimate of drug-likeness (QED) is 0.169. The van der Waals surface area contributed by atoms with Gasteiger partial charge in [-0.15, -0.1) is 43.7 Å². The molecule has 2 heterocycles. The number of aromatic amines is 1. The molecule has 43 heavy (non-hydrogen) atoms. The fourth-order valence-electron chi connectivity index (χ4n) is 4.11. The summed E-state index contributed by atoms with van der Waals surface area (Å²) in [6, 6.07) is 2.53. The molecule has 0 saturated carbocycles. The minimum atomic E-state index is -0.720. The van der Waals surface area contributed by atoms with E-state index in [1.807, 2.05) is 47.6 Å². The number of aromatic nitrogens is 2. The number of hydrogen-bond acceptors (Lipinski definition) is 4. The van der Waals surface area contributed by atoms with E-state index in [4.69, 9.17) is 0 Å². The lowest BCUT2D eigenvalue weighted by Gasteiger charge is -2.32. The number of nitrogens with zero attached hydrogens (tertiary/aromatic N) is 2. The van der Waals surface area contributed by atoms with Crippen LogP contribution < -0.4 is 10.6 Å². The number of benzene rings is 1. The van der Waals surface area contributed by atoms with Crippen molar-refractivity contribution in [1.82, 2.24) is 25.5 Å². The second-order valence-electron chi connectivity index (χ2n) is 9.82. The highest BCUT2D eigenvalue weighted by molar-refractivity contribution is 14.0. The number of H-pyrrole nitrogens is 1. The molecule has 1 aromatic heterocycles. The Morgan fingerprint density at radius 3 is 2.23 bits per heavy atom. The zero-order chi connectivity index (χ0) is 32.7. The Labute approximate surface area is 281 Å². The van der Waals surface area contributed by atoms with Crippen LogP contribution in [-0.4, -0.2) is 45.8 Å². The molecule has 1 fully saturated rings. The third-order valence-corrected chi connectivity index (χ3v) is 6.01. The van der Waals surface area contributed by atoms with Crippen molar-refractivity contribution in [2.24, 2.45) is 5.92 Å². The molecule has 0 aliphatic carbocycles. The average molecular weight is 720 g/mol. The summed E-state index contributed by atoms with van der Waals surface area (Å²) in [5, 5.41) is 5.74. The van der Waals surface area contributed by atoms with Crippen LogP contribution in [0.25, 0.3) is 11.0 Å². The average Bonchev–Trinajstić information content (AvgIpc) is 3.41. The fraction of sp³-hybridized carbons (Fsp3) is 0.559. The maximum Gasteiger partial charge on any atom is 0.243 e. The zero-order valence-electron chi connectivity index (χ0n) is 28.1. The van der Waals surface area contributed by atoms with Crippen LogP contribution in [-0.2, 0) is 16.1 Å². The van der Waals surface area contributed by atoms with E-state index in [0.29, 0.717) is 30.1 Å². The Kier molecular flexibility index (Phi) is 28.0. The molecule has 0 bridgehead atoms. The highest BCUT2D eigenvalue weighted by atomic mass is 127. The van der Waals surface area contributed by atoms with Crippen molar-refractivity contribution >= 4 is 46.8 Å². The van der Waals surface area contributed by atoms with Crippen LogP contribution in [0.5, 0.6) is 0 Å². The monoisotopic (exact) mass is 719 g/mol. The van der Waals surface area contributed by atoms with Crippen LogP contribution in [0.2, 0.25) is 0 Å². The van der Waals surface area contributed by atoms with Crippen LogP contribution in [0, 0.1) is 18.7 Å². The van der Waals surface area contributed by atoms with E-state index in [1.165, 1.54) is 12.5 Å². The van der Waals surface area contributed by atoms with Gasteiger partial charge in [0, 0.05) is 34.5 Å². The first kappa shape index (κ1) is 44.7. The van der Waals surface area contributed by atoms with E-state index in [-0.39, 0.29) is 50.7 Å². The number of fused-ring (bicyclic) bond motifs is 1. The van der Waals surface area contributed by atoms with Crippen LogP contribution >= 0.6 is 24.0 Å². The Bertz CT molecular complexity index is 1080. The predicted octanol–water partition coefficient (Wildman–Crippen LogP) is 9.09. The Morgan fingerprint density at radius 1 is 1.14 bits per heavy atom. The Morgan fingerprint density at radius 2 is 1.70 bits per heavy atom. The van der Waals surface area contributed by atoms with Gasteiger partial charge in [-0.3, -0.25) is 9.59 Å². The minimum Gasteiger partial charge on any atom is -0.375 e. The number of aryl methyl sites for hydroxylation is 1. The van der Waals surface area contributed by atoms with Crippen LogP contribution in [0.3, 0.4) is 0 Å². The minimum absolute atomic E-state index is 0. The van der Waals surface area contributed by atoms with Gasteiger partial charge in [0.25, 0.3) is 0 Å². The van der Waals surface area contributed by atoms with Crippen molar-refractivity contribution in [2.45, 2.75) is 107 Å². The molecule has 3 rings (SSSR count). The number of halogens is 2. The number of likely N-dealkylation sites (tertiary alicyclic amines) is 1. The van der Waals surface area contributed by atoms with Crippen molar-refractivity contribution in [1.29, 1.82) is 0 Å². The predicted molar refractivity (Wildman–Crippen MR) is 197 cm³/mol. The van der Waals surface area contributed by atoms with Gasteiger partial charge in [-0.2, -0.15) is 0 Å². The molecule has 2 amide bonds. The molecule has 1 atom stereocenters. The van der Waals surface area contributed by atoms with Gasteiger partial charge in [-0.1, -0.05) is 54.2 Å². The largest absolute Gasteiger partial charge is 0.375 e. The number of imidazole rings is 1. The molecular weight excluding hydrogens is 656 g/mol. The number of amides is 2. The van der Waals surface area contributed by atoms with E-state index in [9.17, 15) is 14.0 Å². The van der Waals surface area contributed by atoms with E-state index >= 15 is 0 Å². The smallest absolute Gasteiger partial charge is 0.243 e. The van der Waals surface area contributed by atoms with E-state index < -0.39 is 11.9 Å². The molecule has 250 valence electrons. The molecule has 1 saturated heterocycles. The fourth-order valence-corrected chi connectivity index (χ4v) is 4.11. The van der Waals surface area contributed by atoms with E-state index in [0.717, 1.165) is 43.6 Å². The van der Waals surface area contributed by atoms with Gasteiger partial charge >= 0.3 is 0 Å². The zero-order valence-corrected chi connectivity index (χ0v) is 30.4. The SMILES string of the molecule is C=C.C=C(C[C@H](NC(=O)CCC(C)C)C(=O)NCc1nc2c(F)cc(C)cc2[nH]1)N1CCCCC1.C=CC.CC.CC.I.[HH].[HH]. The van der Waals surface area contributed by atoms with Gasteiger partial charge in [0.15, 0.2) is 5.82 Å². The summed E-state index contributed by atoms with van der Waals surface area (Å²) in [4.78, 5) is 35.1. The molecule has 1 aliphatic rings. The Hall–Kier alpha value is -2.69. The summed E-state index contributed by atoms with van der Waals surface area (Å²) in [6.07, 6.45) is 6.67.